The Morgan fingerprint density at radius 2 is 0.788 bits per heavy atom. The molecule has 8 heteroatoms. The minimum absolute atomic E-state index is 0.00297. The molecule has 0 heterocycles. The highest BCUT2D eigenvalue weighted by Crippen LogP contribution is 2.44. The summed E-state index contributed by atoms with van der Waals surface area (Å²) in [4.78, 5) is 51.9. The van der Waals surface area contributed by atoms with Crippen LogP contribution in [0.3, 0.4) is 0 Å². The molecule has 1 aliphatic carbocycles. The van der Waals surface area contributed by atoms with Crippen LogP contribution in [0.15, 0.2) is 0 Å². The van der Waals surface area contributed by atoms with Crippen molar-refractivity contribution >= 4 is 23.9 Å². The minimum atomic E-state index is -1.13. The fraction of sp³-hybridized carbons (Fsp3) is 0.840. The molecule has 0 aromatic rings. The number of hydrogen-bond acceptors (Lipinski definition) is 8. The van der Waals surface area contributed by atoms with Crippen LogP contribution >= 0.6 is 0 Å². The van der Waals surface area contributed by atoms with Crippen molar-refractivity contribution in [2.24, 2.45) is 23.7 Å². The van der Waals surface area contributed by atoms with Crippen LogP contribution in [-0.2, 0) is 38.1 Å². The van der Waals surface area contributed by atoms with Crippen molar-refractivity contribution in [1.82, 2.24) is 0 Å². The van der Waals surface area contributed by atoms with E-state index in [1.807, 2.05) is 27.7 Å². The lowest BCUT2D eigenvalue weighted by Gasteiger charge is -2.23. The predicted octanol–water partition coefficient (Wildman–Crippen LogP) is 4.23. The highest BCUT2D eigenvalue weighted by molar-refractivity contribution is 5.92. The Bertz CT molecular complexity index is 566. The van der Waals surface area contributed by atoms with Crippen molar-refractivity contribution in [2.45, 2.75) is 85.5 Å². The predicted molar refractivity (Wildman–Crippen MR) is 122 cm³/mol. The zero-order chi connectivity index (χ0) is 24.6. The molecule has 0 radical (unpaired) electrons. The second-order valence-electron chi connectivity index (χ2n) is 8.58. The molecule has 0 amide bonds. The van der Waals surface area contributed by atoms with Gasteiger partial charge in [0.05, 0.1) is 50.1 Å². The molecule has 0 aromatic carbocycles. The first-order valence-corrected chi connectivity index (χ1v) is 12.6. The van der Waals surface area contributed by atoms with Gasteiger partial charge in [-0.1, -0.05) is 53.4 Å². The molecule has 0 aromatic heterocycles. The highest BCUT2D eigenvalue weighted by atomic mass is 16.6. The molecular weight excluding hydrogens is 428 g/mol. The molecule has 4 unspecified atom stereocenters. The first kappa shape index (κ1) is 28.9. The molecule has 1 aliphatic rings. The Kier molecular flexibility index (Phi) is 14.4. The van der Waals surface area contributed by atoms with Gasteiger partial charge in [0.25, 0.3) is 0 Å². The van der Waals surface area contributed by atoms with Gasteiger partial charge < -0.3 is 18.9 Å². The second-order valence-corrected chi connectivity index (χ2v) is 8.58. The first-order valence-electron chi connectivity index (χ1n) is 12.6. The molecule has 0 bridgehead atoms. The van der Waals surface area contributed by atoms with E-state index < -0.39 is 47.5 Å². The summed E-state index contributed by atoms with van der Waals surface area (Å²) in [6.07, 6.45) is 6.06. The van der Waals surface area contributed by atoms with Crippen LogP contribution in [0.25, 0.3) is 0 Å². The van der Waals surface area contributed by atoms with Crippen LogP contribution in [0.2, 0.25) is 0 Å². The number of hydrogen-bond donors (Lipinski definition) is 0. The summed E-state index contributed by atoms with van der Waals surface area (Å²) in [5.74, 6) is -6.67. The van der Waals surface area contributed by atoms with Crippen molar-refractivity contribution in [2.75, 3.05) is 26.4 Å². The van der Waals surface area contributed by atoms with E-state index in [0.717, 1.165) is 25.7 Å². The van der Waals surface area contributed by atoms with Gasteiger partial charge in [0, 0.05) is 0 Å². The number of carbonyl (C=O) groups excluding carboxylic acids is 4. The molecule has 0 spiro atoms. The first-order chi connectivity index (χ1) is 15.9. The van der Waals surface area contributed by atoms with Gasteiger partial charge >= 0.3 is 23.9 Å². The molecule has 1 rings (SSSR count). The summed E-state index contributed by atoms with van der Waals surface area (Å²) in [6.45, 7) is 8.70. The standard InChI is InChI=1S/C25H42O8/c1-5-9-13-30-22(26)18-17-19(23(27)31-14-10-6-2)21(25(29)33-16-12-8-4)20(18)24(28)32-15-11-7-3/h18-21H,5-17H2,1-4H3. The average Bonchev–Trinajstić information content (AvgIpc) is 3.20. The average molecular weight is 471 g/mol. The maximum atomic E-state index is 13.0. The Labute approximate surface area is 198 Å². The smallest absolute Gasteiger partial charge is 0.310 e. The normalized spacial score (nSPS) is 21.9. The summed E-state index contributed by atoms with van der Waals surface area (Å²) in [5, 5.41) is 0. The Balaban J connectivity index is 3.18. The maximum absolute atomic E-state index is 13.0. The van der Waals surface area contributed by atoms with E-state index in [2.05, 4.69) is 0 Å². The zero-order valence-corrected chi connectivity index (χ0v) is 20.8. The van der Waals surface area contributed by atoms with E-state index in [-0.39, 0.29) is 32.8 Å². The van der Waals surface area contributed by atoms with Gasteiger partial charge in [0.1, 0.15) is 0 Å². The fourth-order valence-corrected chi connectivity index (χ4v) is 3.85. The van der Waals surface area contributed by atoms with Gasteiger partial charge in [0.15, 0.2) is 0 Å². The van der Waals surface area contributed by atoms with E-state index in [1.165, 1.54) is 0 Å². The van der Waals surface area contributed by atoms with Gasteiger partial charge in [-0.3, -0.25) is 19.2 Å². The molecule has 1 saturated carbocycles. The van der Waals surface area contributed by atoms with Crippen LogP contribution in [0.5, 0.6) is 0 Å². The lowest BCUT2D eigenvalue weighted by atomic mass is 9.86. The summed E-state index contributed by atoms with van der Waals surface area (Å²) < 4.78 is 21.5. The third-order valence-electron chi connectivity index (χ3n) is 5.88. The largest absolute Gasteiger partial charge is 0.465 e. The van der Waals surface area contributed by atoms with E-state index >= 15 is 0 Å². The van der Waals surface area contributed by atoms with Crippen LogP contribution in [0.4, 0.5) is 0 Å². The van der Waals surface area contributed by atoms with Crippen LogP contribution in [0, 0.1) is 23.7 Å². The molecule has 4 atom stereocenters. The van der Waals surface area contributed by atoms with Crippen LogP contribution < -0.4 is 0 Å². The third kappa shape index (κ3) is 9.33. The SMILES string of the molecule is CCCCOC(=O)C1CC(C(=O)OCCCC)C(C(=O)OCCCC)C1C(=O)OCCCC. The number of carbonyl (C=O) groups is 4. The molecule has 8 nitrogen and oxygen atoms in total. The van der Waals surface area contributed by atoms with E-state index in [9.17, 15) is 19.2 Å². The van der Waals surface area contributed by atoms with Gasteiger partial charge in [-0.15, -0.1) is 0 Å². The van der Waals surface area contributed by atoms with E-state index in [4.69, 9.17) is 18.9 Å². The quantitative estimate of drug-likeness (QED) is 0.187. The monoisotopic (exact) mass is 470 g/mol. The summed E-state index contributed by atoms with van der Waals surface area (Å²) in [7, 11) is 0. The van der Waals surface area contributed by atoms with Crippen molar-refractivity contribution < 1.29 is 38.1 Å². The molecule has 0 N–H and O–H groups in total. The van der Waals surface area contributed by atoms with Gasteiger partial charge in [-0.05, 0) is 32.1 Å². The molecule has 0 saturated heterocycles. The molecule has 0 aliphatic heterocycles. The van der Waals surface area contributed by atoms with Crippen LogP contribution in [-0.4, -0.2) is 50.3 Å². The van der Waals surface area contributed by atoms with Crippen LogP contribution in [0.1, 0.15) is 85.5 Å². The highest BCUT2D eigenvalue weighted by Gasteiger charge is 2.58. The van der Waals surface area contributed by atoms with E-state index in [0.29, 0.717) is 25.7 Å². The molecular formula is C25H42O8. The fourth-order valence-electron chi connectivity index (χ4n) is 3.85. The summed E-state index contributed by atoms with van der Waals surface area (Å²) in [6, 6.07) is 0. The van der Waals surface area contributed by atoms with E-state index in [1.54, 1.807) is 0 Å². The Hall–Kier alpha value is -2.12. The zero-order valence-electron chi connectivity index (χ0n) is 20.8. The molecule has 190 valence electrons. The topological polar surface area (TPSA) is 105 Å². The second kappa shape index (κ2) is 16.5. The number of esters is 4. The molecule has 1 fully saturated rings. The van der Waals surface area contributed by atoms with Crippen molar-refractivity contribution in [1.29, 1.82) is 0 Å². The lowest BCUT2D eigenvalue weighted by molar-refractivity contribution is -0.168. The van der Waals surface area contributed by atoms with Gasteiger partial charge in [-0.2, -0.15) is 0 Å². The number of unbranched alkanes of at least 4 members (excludes halogenated alkanes) is 4. The Morgan fingerprint density at radius 3 is 1.06 bits per heavy atom. The Morgan fingerprint density at radius 1 is 0.515 bits per heavy atom. The summed E-state index contributed by atoms with van der Waals surface area (Å²) in [5.41, 5.74) is 0. The van der Waals surface area contributed by atoms with Crippen molar-refractivity contribution in [3.8, 4) is 0 Å². The van der Waals surface area contributed by atoms with Gasteiger partial charge in [0.2, 0.25) is 0 Å². The molecule has 33 heavy (non-hydrogen) atoms. The minimum Gasteiger partial charge on any atom is -0.465 e. The third-order valence-corrected chi connectivity index (χ3v) is 5.88. The maximum Gasteiger partial charge on any atom is 0.310 e. The number of rotatable bonds is 16. The van der Waals surface area contributed by atoms with Crippen molar-refractivity contribution in [3.63, 3.8) is 0 Å². The lowest BCUT2D eigenvalue weighted by Crippen LogP contribution is -2.38. The number of ether oxygens (including phenoxy) is 4. The van der Waals surface area contributed by atoms with Crippen molar-refractivity contribution in [3.05, 3.63) is 0 Å². The summed E-state index contributed by atoms with van der Waals surface area (Å²) >= 11 is 0. The van der Waals surface area contributed by atoms with Gasteiger partial charge in [-0.25, -0.2) is 0 Å².